The van der Waals surface area contributed by atoms with Gasteiger partial charge in [-0.3, -0.25) is 14.4 Å². The highest BCUT2D eigenvalue weighted by Gasteiger charge is 2.56. The number of nitrogens with zero attached hydrogens (tertiary/aromatic N) is 2. The first kappa shape index (κ1) is 21.2. The number of benzene rings is 1. The van der Waals surface area contributed by atoms with Crippen LogP contribution in [0.15, 0.2) is 41.2 Å². The summed E-state index contributed by atoms with van der Waals surface area (Å²) in [5, 5.41) is 13.0. The van der Waals surface area contributed by atoms with E-state index in [9.17, 15) is 23.9 Å². The number of pyridine rings is 1. The number of nitrogens with one attached hydrogen (secondary N) is 1. The summed E-state index contributed by atoms with van der Waals surface area (Å²) in [6.07, 6.45) is 0.756. The maximum atomic E-state index is 14.3. The second-order valence-corrected chi connectivity index (χ2v) is 8.18. The average Bonchev–Trinajstić information content (AvgIpc) is 3.28. The third-order valence-corrected chi connectivity index (χ3v) is 6.42. The molecule has 4 atom stereocenters. The molecule has 7 nitrogen and oxygen atoms in total. The Bertz CT molecular complexity index is 1080. The van der Waals surface area contributed by atoms with Crippen molar-refractivity contribution in [1.82, 2.24) is 14.8 Å². The van der Waals surface area contributed by atoms with Crippen molar-refractivity contribution in [2.45, 2.75) is 38.9 Å². The van der Waals surface area contributed by atoms with Crippen LogP contribution in [0.5, 0.6) is 0 Å². The summed E-state index contributed by atoms with van der Waals surface area (Å²) in [6, 6.07) is 8.11. The minimum absolute atomic E-state index is 0.221. The summed E-state index contributed by atoms with van der Waals surface area (Å²) in [7, 11) is 0. The van der Waals surface area contributed by atoms with Gasteiger partial charge in [0.15, 0.2) is 0 Å². The molecule has 8 heteroatoms. The molecule has 0 saturated carbocycles. The van der Waals surface area contributed by atoms with Crippen molar-refractivity contribution in [1.29, 1.82) is 0 Å². The fraction of sp³-hybridized carbons (Fsp3) is 0.435. The molecular formula is C23H26FN3O4. The van der Waals surface area contributed by atoms with Gasteiger partial charge in [-0.2, -0.15) is 0 Å². The van der Waals surface area contributed by atoms with Crippen LogP contribution in [0.25, 0.3) is 11.1 Å². The Morgan fingerprint density at radius 3 is 2.58 bits per heavy atom. The Labute approximate surface area is 179 Å². The maximum absolute atomic E-state index is 14.3. The predicted octanol–water partition coefficient (Wildman–Crippen LogP) is 1.69. The molecule has 1 fully saturated rings. The number of hydrogen-bond acceptors (Lipinski definition) is 4. The number of amides is 2. The highest BCUT2D eigenvalue weighted by molar-refractivity contribution is 5.88. The molecule has 1 aromatic heterocycles. The summed E-state index contributed by atoms with van der Waals surface area (Å²) in [4.78, 5) is 40.2. The summed E-state index contributed by atoms with van der Waals surface area (Å²) >= 11 is 0. The number of halogens is 1. The lowest BCUT2D eigenvalue weighted by atomic mass is 9.88. The minimum atomic E-state index is -0.792. The first-order chi connectivity index (χ1) is 14.9. The molecule has 0 aliphatic carbocycles. The van der Waals surface area contributed by atoms with Gasteiger partial charge in [0.1, 0.15) is 11.9 Å². The summed E-state index contributed by atoms with van der Waals surface area (Å²) in [5.74, 6) is -1.84. The number of rotatable bonds is 5. The fourth-order valence-electron chi connectivity index (χ4n) is 5.09. The molecule has 2 aliphatic heterocycles. The van der Waals surface area contributed by atoms with Gasteiger partial charge in [-0.1, -0.05) is 25.1 Å². The zero-order valence-corrected chi connectivity index (χ0v) is 17.5. The van der Waals surface area contributed by atoms with Gasteiger partial charge in [-0.15, -0.1) is 0 Å². The van der Waals surface area contributed by atoms with Crippen LogP contribution in [0.1, 0.15) is 32.0 Å². The third-order valence-electron chi connectivity index (χ3n) is 6.42. The van der Waals surface area contributed by atoms with Crippen LogP contribution in [0.3, 0.4) is 0 Å². The number of likely N-dealkylation sites (tertiary alicyclic amines) is 1. The van der Waals surface area contributed by atoms with Crippen LogP contribution in [0, 0.1) is 17.7 Å². The lowest BCUT2D eigenvalue weighted by Crippen LogP contribution is -2.50. The van der Waals surface area contributed by atoms with E-state index in [1.165, 1.54) is 17.9 Å². The second kappa shape index (κ2) is 8.26. The minimum Gasteiger partial charge on any atom is -0.396 e. The lowest BCUT2D eigenvalue weighted by molar-refractivity contribution is -0.140. The van der Waals surface area contributed by atoms with Crippen LogP contribution in [-0.4, -0.2) is 45.6 Å². The van der Waals surface area contributed by atoms with Crippen LogP contribution >= 0.6 is 0 Å². The zero-order valence-electron chi connectivity index (χ0n) is 17.5. The van der Waals surface area contributed by atoms with E-state index in [0.717, 1.165) is 6.42 Å². The molecule has 0 unspecified atom stereocenters. The van der Waals surface area contributed by atoms with E-state index in [-0.39, 0.29) is 47.6 Å². The van der Waals surface area contributed by atoms with Crippen LogP contribution in [0.4, 0.5) is 4.39 Å². The monoisotopic (exact) mass is 427 g/mol. The highest BCUT2D eigenvalue weighted by Crippen LogP contribution is 2.49. The van der Waals surface area contributed by atoms with Crippen molar-refractivity contribution in [3.05, 3.63) is 58.3 Å². The molecule has 1 aromatic carbocycles. The molecule has 2 amide bonds. The Hall–Kier alpha value is -3.00. The lowest BCUT2D eigenvalue weighted by Gasteiger charge is -2.30. The van der Waals surface area contributed by atoms with Crippen LogP contribution in [-0.2, 0) is 16.1 Å². The van der Waals surface area contributed by atoms with E-state index < -0.39 is 23.8 Å². The van der Waals surface area contributed by atoms with E-state index in [2.05, 4.69) is 5.32 Å². The van der Waals surface area contributed by atoms with Gasteiger partial charge < -0.3 is 19.9 Å². The number of hydrogen-bond donors (Lipinski definition) is 2. The summed E-state index contributed by atoms with van der Waals surface area (Å²) in [5.41, 5.74) is 0.728. The molecule has 164 valence electrons. The Balaban J connectivity index is 1.78. The Kier molecular flexibility index (Phi) is 5.66. The van der Waals surface area contributed by atoms with Gasteiger partial charge in [0, 0.05) is 49.7 Å². The Morgan fingerprint density at radius 1 is 1.19 bits per heavy atom. The Morgan fingerprint density at radius 2 is 1.94 bits per heavy atom. The summed E-state index contributed by atoms with van der Waals surface area (Å²) in [6.45, 7) is 3.79. The standard InChI is InChI=1S/C23H26FN3O4/c1-3-10-25-22(30)21-17(12-28)16-11-26-19(20(16)27(21)13(2)29)9-8-15(23(26)31)14-6-4-5-7-18(14)24/h4-9,16-17,20-21,28H,3,10-12H2,1-2H3,(H,25,30)/t16-,17-,20+,21-/m1/s1. The average molecular weight is 427 g/mol. The number of aromatic nitrogens is 1. The van der Waals surface area contributed by atoms with E-state index in [0.29, 0.717) is 12.2 Å². The molecule has 2 aliphatic rings. The van der Waals surface area contributed by atoms with Crippen molar-refractivity contribution in [3.63, 3.8) is 0 Å². The quantitative estimate of drug-likeness (QED) is 0.760. The predicted molar refractivity (Wildman–Crippen MR) is 113 cm³/mol. The molecule has 0 spiro atoms. The van der Waals surface area contributed by atoms with E-state index in [1.54, 1.807) is 34.9 Å². The molecule has 0 radical (unpaired) electrons. The molecule has 4 rings (SSSR count). The van der Waals surface area contributed by atoms with Crippen molar-refractivity contribution < 1.29 is 19.1 Å². The highest BCUT2D eigenvalue weighted by atomic mass is 19.1. The van der Waals surface area contributed by atoms with E-state index >= 15 is 0 Å². The van der Waals surface area contributed by atoms with Gasteiger partial charge in [-0.05, 0) is 24.6 Å². The van der Waals surface area contributed by atoms with Crippen LogP contribution < -0.4 is 10.9 Å². The largest absolute Gasteiger partial charge is 0.396 e. The molecule has 1 saturated heterocycles. The van der Waals surface area contributed by atoms with Crippen LogP contribution in [0.2, 0.25) is 0 Å². The van der Waals surface area contributed by atoms with Gasteiger partial charge >= 0.3 is 0 Å². The zero-order chi connectivity index (χ0) is 22.3. The summed E-state index contributed by atoms with van der Waals surface area (Å²) < 4.78 is 15.8. The number of aliphatic hydroxyl groups is 1. The first-order valence-electron chi connectivity index (χ1n) is 10.6. The van der Waals surface area contributed by atoms with Crippen molar-refractivity contribution in [3.8, 4) is 11.1 Å². The van der Waals surface area contributed by atoms with Gasteiger partial charge in [-0.25, -0.2) is 4.39 Å². The number of carbonyl (C=O) groups excluding carboxylic acids is 2. The number of aliphatic hydroxyl groups excluding tert-OH is 1. The number of fused-ring (bicyclic) bond motifs is 3. The van der Waals surface area contributed by atoms with Gasteiger partial charge in [0.25, 0.3) is 5.56 Å². The van der Waals surface area contributed by atoms with E-state index in [1.807, 2.05) is 6.92 Å². The van der Waals surface area contributed by atoms with Crippen molar-refractivity contribution in [2.75, 3.05) is 13.2 Å². The number of carbonyl (C=O) groups is 2. The molecule has 2 N–H and O–H groups in total. The molecule has 0 bridgehead atoms. The smallest absolute Gasteiger partial charge is 0.258 e. The third kappa shape index (κ3) is 3.35. The van der Waals surface area contributed by atoms with Crippen molar-refractivity contribution in [2.24, 2.45) is 11.8 Å². The molecular weight excluding hydrogens is 401 g/mol. The maximum Gasteiger partial charge on any atom is 0.258 e. The van der Waals surface area contributed by atoms with Gasteiger partial charge in [0.2, 0.25) is 11.8 Å². The SMILES string of the molecule is CCCNC(=O)[C@H]1[C@H](CO)[C@H]2Cn3c(ccc(-c4ccccc4F)c3=O)[C@H]2N1C(C)=O. The molecule has 3 heterocycles. The topological polar surface area (TPSA) is 91.6 Å². The van der Waals surface area contributed by atoms with Crippen molar-refractivity contribution >= 4 is 11.8 Å². The van der Waals surface area contributed by atoms with E-state index in [4.69, 9.17) is 0 Å². The first-order valence-corrected chi connectivity index (χ1v) is 10.6. The molecule has 2 aromatic rings. The second-order valence-electron chi connectivity index (χ2n) is 8.18. The van der Waals surface area contributed by atoms with Gasteiger partial charge in [0.05, 0.1) is 11.6 Å². The fourth-order valence-corrected chi connectivity index (χ4v) is 5.09. The molecule has 31 heavy (non-hydrogen) atoms. The normalized spacial score (nSPS) is 24.1.